The Bertz CT molecular complexity index is 831. The van der Waals surface area contributed by atoms with Gasteiger partial charge in [-0.1, -0.05) is 18.2 Å². The van der Waals surface area contributed by atoms with Gasteiger partial charge in [0.25, 0.3) is 0 Å². The van der Waals surface area contributed by atoms with E-state index < -0.39 is 0 Å². The van der Waals surface area contributed by atoms with E-state index >= 15 is 0 Å². The summed E-state index contributed by atoms with van der Waals surface area (Å²) in [5.74, 6) is 2.31. The van der Waals surface area contributed by atoms with E-state index in [4.69, 9.17) is 18.9 Å². The quantitative estimate of drug-likeness (QED) is 0.719. The van der Waals surface area contributed by atoms with Gasteiger partial charge in [-0.25, -0.2) is 0 Å². The van der Waals surface area contributed by atoms with E-state index in [1.165, 1.54) is 0 Å². The molecule has 0 spiro atoms. The van der Waals surface area contributed by atoms with Crippen molar-refractivity contribution in [2.45, 2.75) is 0 Å². The topological polar surface area (TPSA) is 62.7 Å². The Hall–Kier alpha value is -3.02. The van der Waals surface area contributed by atoms with Crippen molar-refractivity contribution in [3.63, 3.8) is 0 Å². The van der Waals surface area contributed by atoms with Crippen molar-refractivity contribution >= 4 is 10.8 Å². The fourth-order valence-electron chi connectivity index (χ4n) is 2.34. The average Bonchev–Trinajstić information content (AvgIpc) is 2.61. The van der Waals surface area contributed by atoms with E-state index in [0.717, 1.165) is 10.8 Å². The molecule has 3 rings (SSSR count). The number of ether oxygens (including phenoxy) is 4. The molecular formula is C17H16N2O4. The lowest BCUT2D eigenvalue weighted by Gasteiger charge is -2.15. The molecule has 0 N–H and O–H groups in total. The van der Waals surface area contributed by atoms with Gasteiger partial charge in [-0.2, -0.15) is 5.10 Å². The molecule has 1 heterocycles. The molecule has 118 valence electrons. The maximum Gasteiger partial charge on any atom is 0.246 e. The van der Waals surface area contributed by atoms with Crippen LogP contribution in [0, 0.1) is 0 Å². The number of fused-ring (bicyclic) bond motifs is 1. The zero-order valence-electron chi connectivity index (χ0n) is 13.1. The summed E-state index contributed by atoms with van der Waals surface area (Å²) >= 11 is 0. The molecule has 0 aliphatic rings. The predicted molar refractivity (Wildman–Crippen MR) is 85.7 cm³/mol. The summed E-state index contributed by atoms with van der Waals surface area (Å²) in [4.78, 5) is 0. The first kappa shape index (κ1) is 14.9. The summed E-state index contributed by atoms with van der Waals surface area (Å²) in [6, 6.07) is 11.2. The van der Waals surface area contributed by atoms with Gasteiger partial charge in [-0.15, -0.1) is 5.10 Å². The van der Waals surface area contributed by atoms with Gasteiger partial charge < -0.3 is 18.9 Å². The van der Waals surface area contributed by atoms with Gasteiger partial charge in [0.05, 0.1) is 27.5 Å². The van der Waals surface area contributed by atoms with Crippen molar-refractivity contribution in [1.82, 2.24) is 10.2 Å². The van der Waals surface area contributed by atoms with Crippen LogP contribution in [-0.4, -0.2) is 31.5 Å². The molecule has 0 amide bonds. The Morgan fingerprint density at radius 2 is 1.48 bits per heavy atom. The normalized spacial score (nSPS) is 10.4. The Morgan fingerprint density at radius 3 is 2.22 bits per heavy atom. The van der Waals surface area contributed by atoms with Crippen LogP contribution in [-0.2, 0) is 0 Å². The number of nitrogens with zero attached hydrogens (tertiary/aromatic N) is 2. The molecule has 0 bridgehead atoms. The number of hydrogen-bond acceptors (Lipinski definition) is 6. The minimum absolute atomic E-state index is 0.397. The van der Waals surface area contributed by atoms with Gasteiger partial charge in [-0.3, -0.25) is 0 Å². The minimum Gasteiger partial charge on any atom is -0.493 e. The van der Waals surface area contributed by atoms with Gasteiger partial charge in [0.1, 0.15) is 0 Å². The zero-order chi connectivity index (χ0) is 16.2. The number of benzene rings is 2. The third-order valence-corrected chi connectivity index (χ3v) is 3.41. The first-order chi connectivity index (χ1) is 11.3. The first-order valence-electron chi connectivity index (χ1n) is 6.95. The van der Waals surface area contributed by atoms with Gasteiger partial charge in [0.15, 0.2) is 11.5 Å². The average molecular weight is 312 g/mol. The van der Waals surface area contributed by atoms with Crippen molar-refractivity contribution in [3.05, 3.63) is 42.6 Å². The van der Waals surface area contributed by atoms with E-state index in [0.29, 0.717) is 28.9 Å². The van der Waals surface area contributed by atoms with Crippen molar-refractivity contribution < 1.29 is 18.9 Å². The highest BCUT2D eigenvalue weighted by molar-refractivity contribution is 5.86. The molecule has 0 unspecified atom stereocenters. The standard InChI is InChI=1S/C17H16N2O4/c1-20-13-8-9-14(16(22-3)15(13)21-2)23-17-12-7-5-4-6-11(12)10-18-19-17/h4-10H,1-3H3. The molecule has 1 aromatic heterocycles. The van der Waals surface area contributed by atoms with Gasteiger partial charge in [0, 0.05) is 10.8 Å². The second-order valence-corrected chi connectivity index (χ2v) is 4.67. The van der Waals surface area contributed by atoms with Crippen LogP contribution >= 0.6 is 0 Å². The lowest BCUT2D eigenvalue weighted by molar-refractivity contribution is 0.311. The van der Waals surface area contributed by atoms with E-state index in [2.05, 4.69) is 10.2 Å². The molecule has 6 heteroatoms. The zero-order valence-corrected chi connectivity index (χ0v) is 13.1. The van der Waals surface area contributed by atoms with Crippen LogP contribution in [0.3, 0.4) is 0 Å². The third kappa shape index (κ3) is 2.70. The molecule has 0 atom stereocenters. The highest BCUT2D eigenvalue weighted by atomic mass is 16.5. The Kier molecular flexibility index (Phi) is 4.14. The van der Waals surface area contributed by atoms with Crippen molar-refractivity contribution in [1.29, 1.82) is 0 Å². The SMILES string of the molecule is COc1ccc(Oc2nncc3ccccc23)c(OC)c1OC. The number of aromatic nitrogens is 2. The van der Waals surface area contributed by atoms with Crippen LogP contribution in [0.5, 0.6) is 28.9 Å². The molecule has 0 radical (unpaired) electrons. The molecule has 23 heavy (non-hydrogen) atoms. The number of rotatable bonds is 5. The Balaban J connectivity index is 2.09. The highest BCUT2D eigenvalue weighted by Crippen LogP contribution is 2.45. The third-order valence-electron chi connectivity index (χ3n) is 3.41. The monoisotopic (exact) mass is 312 g/mol. The fraction of sp³-hybridized carbons (Fsp3) is 0.176. The lowest BCUT2D eigenvalue weighted by Crippen LogP contribution is -1.98. The van der Waals surface area contributed by atoms with Gasteiger partial charge >= 0.3 is 0 Å². The second kappa shape index (κ2) is 6.39. The van der Waals surface area contributed by atoms with Crippen molar-refractivity contribution in [3.8, 4) is 28.9 Å². The molecule has 2 aromatic carbocycles. The fourth-order valence-corrected chi connectivity index (χ4v) is 2.34. The van der Waals surface area contributed by atoms with Crippen LogP contribution in [0.25, 0.3) is 10.8 Å². The maximum absolute atomic E-state index is 5.92. The summed E-state index contributed by atoms with van der Waals surface area (Å²) in [5.41, 5.74) is 0. The molecule has 6 nitrogen and oxygen atoms in total. The summed E-state index contributed by atoms with van der Waals surface area (Å²) < 4.78 is 22.0. The summed E-state index contributed by atoms with van der Waals surface area (Å²) in [5, 5.41) is 9.85. The molecule has 0 fully saturated rings. The first-order valence-corrected chi connectivity index (χ1v) is 6.95. The summed E-state index contributed by atoms with van der Waals surface area (Å²) in [6.45, 7) is 0. The van der Waals surface area contributed by atoms with Crippen LogP contribution in [0.15, 0.2) is 42.6 Å². The van der Waals surface area contributed by atoms with Gasteiger partial charge in [0.2, 0.25) is 17.4 Å². The Morgan fingerprint density at radius 1 is 0.783 bits per heavy atom. The number of methoxy groups -OCH3 is 3. The van der Waals surface area contributed by atoms with E-state index in [9.17, 15) is 0 Å². The highest BCUT2D eigenvalue weighted by Gasteiger charge is 2.18. The predicted octanol–water partition coefficient (Wildman–Crippen LogP) is 3.45. The van der Waals surface area contributed by atoms with E-state index in [-0.39, 0.29) is 0 Å². The lowest BCUT2D eigenvalue weighted by atomic mass is 10.2. The molecular weight excluding hydrogens is 296 g/mol. The Labute approximate surface area is 133 Å². The summed E-state index contributed by atoms with van der Waals surface area (Å²) in [6.07, 6.45) is 1.69. The second-order valence-electron chi connectivity index (χ2n) is 4.67. The largest absolute Gasteiger partial charge is 0.493 e. The molecule has 3 aromatic rings. The summed E-state index contributed by atoms with van der Waals surface area (Å²) in [7, 11) is 4.65. The molecule has 0 saturated carbocycles. The van der Waals surface area contributed by atoms with Crippen molar-refractivity contribution in [2.75, 3.05) is 21.3 Å². The maximum atomic E-state index is 5.92. The van der Waals surface area contributed by atoms with Crippen LogP contribution in [0.1, 0.15) is 0 Å². The molecule has 0 saturated heterocycles. The smallest absolute Gasteiger partial charge is 0.246 e. The van der Waals surface area contributed by atoms with Crippen LogP contribution < -0.4 is 18.9 Å². The van der Waals surface area contributed by atoms with Gasteiger partial charge in [-0.05, 0) is 18.2 Å². The molecule has 0 aliphatic carbocycles. The van der Waals surface area contributed by atoms with E-state index in [1.807, 2.05) is 24.3 Å². The van der Waals surface area contributed by atoms with Crippen molar-refractivity contribution in [2.24, 2.45) is 0 Å². The van der Waals surface area contributed by atoms with E-state index in [1.54, 1.807) is 39.7 Å². The van der Waals surface area contributed by atoms with Crippen LogP contribution in [0.2, 0.25) is 0 Å². The van der Waals surface area contributed by atoms with Crippen LogP contribution in [0.4, 0.5) is 0 Å². The number of hydrogen-bond donors (Lipinski definition) is 0. The minimum atomic E-state index is 0.397. The molecule has 0 aliphatic heterocycles.